The van der Waals surface area contributed by atoms with Gasteiger partial charge in [0.25, 0.3) is 5.91 Å². The Morgan fingerprint density at radius 1 is 1.08 bits per heavy atom. The molecule has 37 heavy (non-hydrogen) atoms. The second-order valence-electron chi connectivity index (χ2n) is 9.47. The van der Waals surface area contributed by atoms with Crippen LogP contribution in [0, 0.1) is 0 Å². The molecule has 2 atom stereocenters. The molecule has 200 valence electrons. The van der Waals surface area contributed by atoms with Crippen molar-refractivity contribution in [2.45, 2.75) is 63.6 Å². The number of methoxy groups -OCH3 is 1. The quantitative estimate of drug-likeness (QED) is 0.454. The zero-order valence-electron chi connectivity index (χ0n) is 21.8. The van der Waals surface area contributed by atoms with Crippen molar-refractivity contribution in [2.24, 2.45) is 0 Å². The molecule has 4 rings (SSSR count). The summed E-state index contributed by atoms with van der Waals surface area (Å²) in [6, 6.07) is 13.9. The van der Waals surface area contributed by atoms with Gasteiger partial charge in [0, 0.05) is 25.8 Å². The molecule has 0 saturated heterocycles. The monoisotopic (exact) mass is 510 g/mol. The molecule has 0 bridgehead atoms. The maximum atomic E-state index is 14.0. The van der Waals surface area contributed by atoms with Gasteiger partial charge in [-0.05, 0) is 56.0 Å². The highest BCUT2D eigenvalue weighted by atomic mass is 16.6. The van der Waals surface area contributed by atoms with Gasteiger partial charge in [-0.25, -0.2) is 0 Å². The lowest BCUT2D eigenvalue weighted by molar-refractivity contribution is -0.149. The van der Waals surface area contributed by atoms with Crippen LogP contribution in [0.5, 0.6) is 17.2 Å². The lowest BCUT2D eigenvalue weighted by Gasteiger charge is -2.36. The van der Waals surface area contributed by atoms with Crippen molar-refractivity contribution in [1.82, 2.24) is 10.2 Å². The normalized spacial score (nSPS) is 18.1. The molecule has 0 spiro atoms. The third-order valence-electron chi connectivity index (χ3n) is 6.88. The van der Waals surface area contributed by atoms with Crippen molar-refractivity contribution < 1.29 is 28.5 Å². The Morgan fingerprint density at radius 2 is 1.86 bits per heavy atom. The summed E-state index contributed by atoms with van der Waals surface area (Å²) in [5.74, 6) is 1.26. The first-order chi connectivity index (χ1) is 18.1. The molecule has 8 nitrogen and oxygen atoms in total. The van der Waals surface area contributed by atoms with Gasteiger partial charge in [0.05, 0.1) is 7.11 Å². The van der Waals surface area contributed by atoms with E-state index < -0.39 is 12.1 Å². The molecule has 1 N–H and O–H groups in total. The van der Waals surface area contributed by atoms with Crippen LogP contribution >= 0.6 is 0 Å². The average molecular weight is 511 g/mol. The summed E-state index contributed by atoms with van der Waals surface area (Å²) in [6.07, 6.45) is 5.00. The molecule has 0 unspecified atom stereocenters. The zero-order chi connectivity index (χ0) is 26.0. The van der Waals surface area contributed by atoms with Crippen LogP contribution in [0.4, 0.5) is 0 Å². The van der Waals surface area contributed by atoms with E-state index in [-0.39, 0.29) is 24.5 Å². The molecule has 2 aromatic rings. The molecule has 2 amide bonds. The minimum atomic E-state index is -0.863. The molecule has 2 aromatic carbocycles. The Balaban J connectivity index is 1.64. The van der Waals surface area contributed by atoms with Crippen LogP contribution < -0.4 is 19.5 Å². The Bertz CT molecular complexity index is 1040. The van der Waals surface area contributed by atoms with Crippen molar-refractivity contribution in [3.05, 3.63) is 54.1 Å². The number of para-hydroxylation sites is 2. The topological polar surface area (TPSA) is 86.3 Å². The first kappa shape index (κ1) is 26.8. The standard InChI is InChI=1S/C29H38N2O6/c1-3-35-18-10-17-31(29(33)26-20-36-24-15-7-8-16-25(24)37-26)27(21-11-9-14-23(19-21)34-2)28(32)30-22-12-5-4-6-13-22/h7-9,11,14-16,19,22,26-27H,3-6,10,12-13,17-18,20H2,1-2H3,(H,30,32)/t26-,27-/m0/s1. The summed E-state index contributed by atoms with van der Waals surface area (Å²) in [4.78, 5) is 29.5. The fourth-order valence-electron chi connectivity index (χ4n) is 4.99. The number of amides is 2. The van der Waals surface area contributed by atoms with Gasteiger partial charge in [-0.1, -0.05) is 43.5 Å². The second kappa shape index (κ2) is 13.3. The largest absolute Gasteiger partial charge is 0.497 e. The lowest BCUT2D eigenvalue weighted by Crippen LogP contribution is -2.52. The minimum absolute atomic E-state index is 0.0763. The molecule has 1 heterocycles. The predicted molar refractivity (Wildman–Crippen MR) is 140 cm³/mol. The van der Waals surface area contributed by atoms with E-state index in [1.165, 1.54) is 6.42 Å². The molecule has 8 heteroatoms. The third kappa shape index (κ3) is 6.95. The van der Waals surface area contributed by atoms with E-state index in [9.17, 15) is 9.59 Å². The molecular formula is C29H38N2O6. The summed E-state index contributed by atoms with van der Waals surface area (Å²) in [5, 5.41) is 3.23. The Kier molecular flexibility index (Phi) is 9.65. The smallest absolute Gasteiger partial charge is 0.268 e. The fraction of sp³-hybridized carbons (Fsp3) is 0.517. The Labute approximate surface area is 219 Å². The predicted octanol–water partition coefficient (Wildman–Crippen LogP) is 4.28. The van der Waals surface area contributed by atoms with Crippen LogP contribution in [0.2, 0.25) is 0 Å². The first-order valence-corrected chi connectivity index (χ1v) is 13.3. The highest BCUT2D eigenvalue weighted by Gasteiger charge is 2.38. The van der Waals surface area contributed by atoms with E-state index in [0.717, 1.165) is 25.7 Å². The van der Waals surface area contributed by atoms with Gasteiger partial charge in [-0.2, -0.15) is 0 Å². The number of hydrogen-bond donors (Lipinski definition) is 1. The van der Waals surface area contributed by atoms with Gasteiger partial charge in [-0.3, -0.25) is 9.59 Å². The van der Waals surface area contributed by atoms with E-state index in [4.69, 9.17) is 18.9 Å². The van der Waals surface area contributed by atoms with Crippen molar-refractivity contribution in [3.8, 4) is 17.2 Å². The number of fused-ring (bicyclic) bond motifs is 1. The van der Waals surface area contributed by atoms with Crippen molar-refractivity contribution in [2.75, 3.05) is 33.5 Å². The zero-order valence-corrected chi connectivity index (χ0v) is 21.8. The van der Waals surface area contributed by atoms with E-state index in [1.54, 1.807) is 18.1 Å². The maximum Gasteiger partial charge on any atom is 0.268 e. The number of benzene rings is 2. The minimum Gasteiger partial charge on any atom is -0.497 e. The Morgan fingerprint density at radius 3 is 2.62 bits per heavy atom. The van der Waals surface area contributed by atoms with E-state index in [2.05, 4.69) is 5.32 Å². The summed E-state index contributed by atoms with van der Waals surface area (Å²) >= 11 is 0. The van der Waals surface area contributed by atoms with Crippen LogP contribution in [0.3, 0.4) is 0 Å². The molecule has 1 fully saturated rings. The van der Waals surface area contributed by atoms with E-state index in [1.807, 2.05) is 49.4 Å². The highest BCUT2D eigenvalue weighted by Crippen LogP contribution is 2.33. The molecule has 2 aliphatic rings. The summed E-state index contributed by atoms with van der Waals surface area (Å²) < 4.78 is 22.9. The Hall–Kier alpha value is -3.26. The number of ether oxygens (including phenoxy) is 4. The van der Waals surface area contributed by atoms with Crippen LogP contribution in [0.25, 0.3) is 0 Å². The molecule has 1 aliphatic carbocycles. The van der Waals surface area contributed by atoms with E-state index in [0.29, 0.717) is 49.0 Å². The second-order valence-corrected chi connectivity index (χ2v) is 9.47. The summed E-state index contributed by atoms with van der Waals surface area (Å²) in [6.45, 7) is 3.42. The summed E-state index contributed by atoms with van der Waals surface area (Å²) in [5.41, 5.74) is 0.689. The number of hydrogen-bond acceptors (Lipinski definition) is 6. The van der Waals surface area contributed by atoms with Crippen LogP contribution in [0.1, 0.15) is 57.1 Å². The number of carbonyl (C=O) groups is 2. The molecular weight excluding hydrogens is 472 g/mol. The molecule has 1 saturated carbocycles. The molecule has 0 radical (unpaired) electrons. The molecule has 1 aliphatic heterocycles. The summed E-state index contributed by atoms with van der Waals surface area (Å²) in [7, 11) is 1.59. The van der Waals surface area contributed by atoms with Crippen molar-refractivity contribution in [3.63, 3.8) is 0 Å². The van der Waals surface area contributed by atoms with Gasteiger partial charge in [0.1, 0.15) is 18.4 Å². The van der Waals surface area contributed by atoms with Gasteiger partial charge in [0.15, 0.2) is 11.5 Å². The van der Waals surface area contributed by atoms with Gasteiger partial charge in [-0.15, -0.1) is 0 Å². The van der Waals surface area contributed by atoms with Gasteiger partial charge >= 0.3 is 0 Å². The SMILES string of the molecule is CCOCCCN(C(=O)[C@@H]1COc2ccccc2O1)[C@H](C(=O)NC1CCCCC1)c1cccc(OC)c1. The molecule has 0 aromatic heterocycles. The van der Waals surface area contributed by atoms with Crippen LogP contribution in [-0.2, 0) is 14.3 Å². The third-order valence-corrected chi connectivity index (χ3v) is 6.88. The number of nitrogens with zero attached hydrogens (tertiary/aromatic N) is 1. The van der Waals surface area contributed by atoms with E-state index >= 15 is 0 Å². The first-order valence-electron chi connectivity index (χ1n) is 13.3. The number of nitrogens with one attached hydrogen (secondary N) is 1. The fourth-order valence-corrected chi connectivity index (χ4v) is 4.99. The average Bonchev–Trinajstić information content (AvgIpc) is 2.94. The van der Waals surface area contributed by atoms with Gasteiger partial charge < -0.3 is 29.2 Å². The van der Waals surface area contributed by atoms with Crippen LogP contribution in [-0.4, -0.2) is 62.3 Å². The highest BCUT2D eigenvalue weighted by molar-refractivity contribution is 5.91. The van der Waals surface area contributed by atoms with Crippen LogP contribution in [0.15, 0.2) is 48.5 Å². The number of rotatable bonds is 11. The number of carbonyl (C=O) groups excluding carboxylic acids is 2. The maximum absolute atomic E-state index is 14.0. The van der Waals surface area contributed by atoms with Crippen molar-refractivity contribution >= 4 is 11.8 Å². The van der Waals surface area contributed by atoms with Crippen molar-refractivity contribution in [1.29, 1.82) is 0 Å². The van der Waals surface area contributed by atoms with Gasteiger partial charge in [0.2, 0.25) is 12.0 Å². The lowest BCUT2D eigenvalue weighted by atomic mass is 9.94.